The SMILES string of the molecule is O=C(CCl)O[C@@H](c1ccc2ccccc2c1)C(F)(F)F. The van der Waals surface area contributed by atoms with Gasteiger partial charge in [0.05, 0.1) is 0 Å². The summed E-state index contributed by atoms with van der Waals surface area (Å²) in [7, 11) is 0. The molecule has 2 aromatic carbocycles. The van der Waals surface area contributed by atoms with Crippen molar-refractivity contribution in [3.63, 3.8) is 0 Å². The second-order valence-electron chi connectivity index (χ2n) is 4.15. The Morgan fingerprint density at radius 2 is 1.80 bits per heavy atom. The van der Waals surface area contributed by atoms with Crippen LogP contribution in [0.4, 0.5) is 13.2 Å². The average Bonchev–Trinajstić information content (AvgIpc) is 2.42. The highest BCUT2D eigenvalue weighted by atomic mass is 35.5. The predicted molar refractivity (Wildman–Crippen MR) is 69.6 cm³/mol. The lowest BCUT2D eigenvalue weighted by Gasteiger charge is -2.21. The molecule has 2 nitrogen and oxygen atoms in total. The van der Waals surface area contributed by atoms with Crippen LogP contribution < -0.4 is 0 Å². The molecule has 6 heteroatoms. The van der Waals surface area contributed by atoms with E-state index in [1.54, 1.807) is 30.3 Å². The van der Waals surface area contributed by atoms with Crippen LogP contribution >= 0.6 is 11.6 Å². The van der Waals surface area contributed by atoms with Gasteiger partial charge in [-0.3, -0.25) is 4.79 Å². The second-order valence-corrected chi connectivity index (χ2v) is 4.42. The molecular weight excluding hydrogens is 293 g/mol. The van der Waals surface area contributed by atoms with Gasteiger partial charge in [0, 0.05) is 5.56 Å². The van der Waals surface area contributed by atoms with Crippen molar-refractivity contribution < 1.29 is 22.7 Å². The van der Waals surface area contributed by atoms with E-state index in [1.807, 2.05) is 0 Å². The van der Waals surface area contributed by atoms with Gasteiger partial charge in [0.25, 0.3) is 0 Å². The van der Waals surface area contributed by atoms with E-state index in [1.165, 1.54) is 12.1 Å². The molecule has 0 aliphatic carbocycles. The van der Waals surface area contributed by atoms with Gasteiger partial charge in [-0.1, -0.05) is 36.4 Å². The second kappa shape index (κ2) is 5.71. The molecule has 0 spiro atoms. The molecule has 0 unspecified atom stereocenters. The summed E-state index contributed by atoms with van der Waals surface area (Å²) in [6.45, 7) is 0. The first-order chi connectivity index (χ1) is 9.41. The Labute approximate surface area is 118 Å². The molecule has 20 heavy (non-hydrogen) atoms. The van der Waals surface area contributed by atoms with Crippen molar-refractivity contribution >= 4 is 28.3 Å². The van der Waals surface area contributed by atoms with Gasteiger partial charge >= 0.3 is 12.1 Å². The minimum absolute atomic E-state index is 0.130. The summed E-state index contributed by atoms with van der Waals surface area (Å²) >= 11 is 5.19. The van der Waals surface area contributed by atoms with Crippen molar-refractivity contribution in [1.29, 1.82) is 0 Å². The smallest absolute Gasteiger partial charge is 0.429 e. The van der Waals surface area contributed by atoms with Crippen molar-refractivity contribution in [2.45, 2.75) is 12.3 Å². The zero-order valence-electron chi connectivity index (χ0n) is 10.2. The molecule has 0 radical (unpaired) electrons. The van der Waals surface area contributed by atoms with Gasteiger partial charge in [0.1, 0.15) is 5.88 Å². The summed E-state index contributed by atoms with van der Waals surface area (Å²) in [5.74, 6) is -1.73. The van der Waals surface area contributed by atoms with E-state index < -0.39 is 24.1 Å². The first-order valence-electron chi connectivity index (χ1n) is 5.72. The largest absolute Gasteiger partial charge is 0.447 e. The number of hydrogen-bond donors (Lipinski definition) is 0. The monoisotopic (exact) mass is 302 g/mol. The van der Waals surface area contributed by atoms with E-state index in [-0.39, 0.29) is 5.56 Å². The molecule has 0 aliphatic heterocycles. The number of rotatable bonds is 3. The summed E-state index contributed by atoms with van der Waals surface area (Å²) in [6.07, 6.45) is -7.00. The van der Waals surface area contributed by atoms with E-state index in [0.717, 1.165) is 5.39 Å². The minimum atomic E-state index is -4.69. The highest BCUT2D eigenvalue weighted by Gasteiger charge is 2.44. The number of esters is 1. The molecule has 0 amide bonds. The van der Waals surface area contributed by atoms with Crippen LogP contribution in [0.5, 0.6) is 0 Å². The van der Waals surface area contributed by atoms with Crippen LogP contribution in [0.25, 0.3) is 10.8 Å². The maximum absolute atomic E-state index is 13.0. The Morgan fingerprint density at radius 3 is 2.40 bits per heavy atom. The average molecular weight is 303 g/mol. The van der Waals surface area contributed by atoms with Crippen molar-refractivity contribution in [3.8, 4) is 0 Å². The zero-order valence-corrected chi connectivity index (χ0v) is 10.9. The normalized spacial score (nSPS) is 13.2. The lowest BCUT2D eigenvalue weighted by Crippen LogP contribution is -2.26. The molecule has 0 saturated carbocycles. The van der Waals surface area contributed by atoms with E-state index >= 15 is 0 Å². The first-order valence-corrected chi connectivity index (χ1v) is 6.26. The molecule has 2 rings (SSSR count). The molecular formula is C14H10ClF3O2. The molecule has 1 atom stereocenters. The number of fused-ring (bicyclic) bond motifs is 1. The maximum Gasteiger partial charge on any atom is 0.429 e. The molecule has 0 bridgehead atoms. The van der Waals surface area contributed by atoms with Crippen LogP contribution in [0.3, 0.4) is 0 Å². The van der Waals surface area contributed by atoms with E-state index in [0.29, 0.717) is 5.39 Å². The summed E-state index contributed by atoms with van der Waals surface area (Å²) < 4.78 is 43.3. The van der Waals surface area contributed by atoms with Gasteiger partial charge < -0.3 is 4.74 Å². The fourth-order valence-electron chi connectivity index (χ4n) is 1.86. The fraction of sp³-hybridized carbons (Fsp3) is 0.214. The van der Waals surface area contributed by atoms with Gasteiger partial charge in [-0.15, -0.1) is 11.6 Å². The van der Waals surface area contributed by atoms with Gasteiger partial charge in [-0.2, -0.15) is 13.2 Å². The first kappa shape index (κ1) is 14.7. The van der Waals surface area contributed by atoms with Crippen LogP contribution in [-0.4, -0.2) is 18.0 Å². The van der Waals surface area contributed by atoms with Crippen molar-refractivity contribution in [2.24, 2.45) is 0 Å². The standard InChI is InChI=1S/C14H10ClF3O2/c15-8-12(19)20-13(14(16,17)18)11-6-5-9-3-1-2-4-10(9)7-11/h1-7,13H,8H2/t13-/m0/s1. The molecule has 0 aliphatic rings. The third kappa shape index (κ3) is 3.22. The third-order valence-electron chi connectivity index (χ3n) is 2.73. The van der Waals surface area contributed by atoms with Crippen LogP contribution in [0.15, 0.2) is 42.5 Å². The lowest BCUT2D eigenvalue weighted by molar-refractivity contribution is -0.222. The Bertz CT molecular complexity index is 625. The van der Waals surface area contributed by atoms with Gasteiger partial charge in [-0.05, 0) is 16.8 Å². The molecule has 0 aromatic heterocycles. The number of carbonyl (C=O) groups is 1. The molecule has 0 N–H and O–H groups in total. The quantitative estimate of drug-likeness (QED) is 0.626. The number of hydrogen-bond acceptors (Lipinski definition) is 2. The van der Waals surface area contributed by atoms with Crippen LogP contribution in [0.2, 0.25) is 0 Å². The fourth-order valence-corrected chi connectivity index (χ4v) is 1.92. The van der Waals surface area contributed by atoms with Crippen molar-refractivity contribution in [2.75, 3.05) is 5.88 Å². The molecule has 0 heterocycles. The van der Waals surface area contributed by atoms with E-state index in [9.17, 15) is 18.0 Å². The van der Waals surface area contributed by atoms with E-state index in [2.05, 4.69) is 4.74 Å². The lowest BCUT2D eigenvalue weighted by atomic mass is 10.0. The topological polar surface area (TPSA) is 26.3 Å². The molecule has 0 fully saturated rings. The molecule has 2 aromatic rings. The number of alkyl halides is 4. The summed E-state index contributed by atoms with van der Waals surface area (Å²) in [6, 6.07) is 11.2. The Balaban J connectivity index is 2.42. The highest BCUT2D eigenvalue weighted by molar-refractivity contribution is 6.26. The Morgan fingerprint density at radius 1 is 1.15 bits per heavy atom. The predicted octanol–water partition coefficient (Wildman–Crippen LogP) is 4.23. The van der Waals surface area contributed by atoms with E-state index in [4.69, 9.17) is 11.6 Å². The van der Waals surface area contributed by atoms with Gasteiger partial charge in [0.2, 0.25) is 6.10 Å². The molecule has 106 valence electrons. The number of carbonyl (C=O) groups excluding carboxylic acids is 1. The number of benzene rings is 2. The van der Waals surface area contributed by atoms with Crippen LogP contribution in [-0.2, 0) is 9.53 Å². The molecule has 0 saturated heterocycles. The number of halogens is 4. The Kier molecular flexibility index (Phi) is 4.18. The van der Waals surface area contributed by atoms with Crippen molar-refractivity contribution in [1.82, 2.24) is 0 Å². The zero-order chi connectivity index (χ0) is 14.8. The van der Waals surface area contributed by atoms with Gasteiger partial charge in [-0.25, -0.2) is 0 Å². The summed E-state index contributed by atoms with van der Waals surface area (Å²) in [4.78, 5) is 11.1. The minimum Gasteiger partial charge on any atom is -0.447 e. The third-order valence-corrected chi connectivity index (χ3v) is 2.95. The summed E-state index contributed by atoms with van der Waals surface area (Å²) in [5.41, 5.74) is -0.130. The Hall–Kier alpha value is -1.75. The van der Waals surface area contributed by atoms with Gasteiger partial charge in [0.15, 0.2) is 0 Å². The maximum atomic E-state index is 13.0. The summed E-state index contributed by atoms with van der Waals surface area (Å²) in [5, 5.41) is 1.45. The van der Waals surface area contributed by atoms with Crippen molar-refractivity contribution in [3.05, 3.63) is 48.0 Å². The van der Waals surface area contributed by atoms with Crippen LogP contribution in [0, 0.1) is 0 Å². The van der Waals surface area contributed by atoms with Crippen LogP contribution in [0.1, 0.15) is 11.7 Å². The number of ether oxygens (including phenoxy) is 1. The highest BCUT2D eigenvalue weighted by Crippen LogP contribution is 2.37.